The van der Waals surface area contributed by atoms with Crippen molar-refractivity contribution in [3.8, 4) is 0 Å². The number of benzene rings is 1. The van der Waals surface area contributed by atoms with Crippen LogP contribution in [0.25, 0.3) is 0 Å². The van der Waals surface area contributed by atoms with E-state index in [4.69, 9.17) is 17.3 Å². The predicted molar refractivity (Wildman–Crippen MR) is 72.2 cm³/mol. The third-order valence-electron chi connectivity index (χ3n) is 3.70. The third-order valence-corrected chi connectivity index (χ3v) is 3.99. The van der Waals surface area contributed by atoms with Crippen molar-refractivity contribution in [1.29, 1.82) is 0 Å². The topological polar surface area (TPSA) is 58.3 Å². The molecule has 18 heavy (non-hydrogen) atoms. The Kier molecular flexibility index (Phi) is 4.30. The van der Waals surface area contributed by atoms with Crippen LogP contribution in [0, 0.1) is 17.7 Å². The molecule has 1 aliphatic rings. The van der Waals surface area contributed by atoms with Gasteiger partial charge < -0.3 is 16.2 Å². The van der Waals surface area contributed by atoms with Gasteiger partial charge in [0, 0.05) is 19.2 Å². The molecule has 1 fully saturated rings. The average Bonchev–Trinajstić information content (AvgIpc) is 2.79. The fraction of sp³-hybridized carbons (Fsp3) is 0.538. The van der Waals surface area contributed by atoms with Crippen LogP contribution in [0.1, 0.15) is 19.3 Å². The molecule has 5 heteroatoms. The molecule has 0 saturated heterocycles. The number of hydrogen-bond acceptors (Lipinski definition) is 3. The minimum absolute atomic E-state index is 0.0344. The van der Waals surface area contributed by atoms with Crippen molar-refractivity contribution < 1.29 is 9.50 Å². The van der Waals surface area contributed by atoms with Crippen LogP contribution in [0.4, 0.5) is 15.8 Å². The molecule has 0 aromatic heterocycles. The summed E-state index contributed by atoms with van der Waals surface area (Å²) in [7, 11) is 0. The van der Waals surface area contributed by atoms with Gasteiger partial charge in [-0.3, -0.25) is 0 Å². The van der Waals surface area contributed by atoms with E-state index >= 15 is 0 Å². The van der Waals surface area contributed by atoms with Crippen molar-refractivity contribution in [1.82, 2.24) is 0 Å². The average molecular weight is 273 g/mol. The quantitative estimate of drug-likeness (QED) is 0.739. The molecular formula is C13H18ClFN2O. The van der Waals surface area contributed by atoms with Gasteiger partial charge in [-0.15, -0.1) is 0 Å². The highest BCUT2D eigenvalue weighted by atomic mass is 35.5. The Hall–Kier alpha value is -1.00. The molecule has 0 amide bonds. The van der Waals surface area contributed by atoms with Gasteiger partial charge in [-0.2, -0.15) is 0 Å². The summed E-state index contributed by atoms with van der Waals surface area (Å²) < 4.78 is 13.3. The fourth-order valence-electron chi connectivity index (χ4n) is 2.58. The molecule has 0 aliphatic heterocycles. The highest BCUT2D eigenvalue weighted by Gasteiger charge is 2.26. The Balaban J connectivity index is 2.00. The number of aliphatic hydroxyl groups is 1. The number of hydrogen-bond donors (Lipinski definition) is 3. The van der Waals surface area contributed by atoms with Crippen molar-refractivity contribution in [2.24, 2.45) is 11.8 Å². The second-order valence-electron chi connectivity index (χ2n) is 4.87. The Bertz CT molecular complexity index is 428. The Morgan fingerprint density at radius 2 is 2.11 bits per heavy atom. The zero-order chi connectivity index (χ0) is 13.1. The molecule has 1 aliphatic carbocycles. The Morgan fingerprint density at radius 3 is 2.83 bits per heavy atom. The van der Waals surface area contributed by atoms with E-state index in [9.17, 15) is 9.50 Å². The molecule has 2 unspecified atom stereocenters. The molecule has 0 spiro atoms. The molecule has 3 nitrogen and oxygen atoms in total. The van der Waals surface area contributed by atoms with Crippen LogP contribution in [0.3, 0.4) is 0 Å². The molecule has 1 aromatic rings. The van der Waals surface area contributed by atoms with Crippen LogP contribution in [0.5, 0.6) is 0 Å². The SMILES string of the molecule is Nc1cc(Cl)c(F)cc1NCC1CCCC1CO. The number of nitrogens with two attached hydrogens (primary N) is 1. The lowest BCUT2D eigenvalue weighted by Crippen LogP contribution is -2.21. The highest BCUT2D eigenvalue weighted by Crippen LogP contribution is 2.32. The maximum Gasteiger partial charge on any atom is 0.143 e. The van der Waals surface area contributed by atoms with Crippen LogP contribution in [-0.4, -0.2) is 18.3 Å². The molecule has 1 saturated carbocycles. The van der Waals surface area contributed by atoms with Crippen molar-refractivity contribution in [3.05, 3.63) is 23.0 Å². The number of nitrogen functional groups attached to an aromatic ring is 1. The first-order valence-electron chi connectivity index (χ1n) is 6.21. The third kappa shape index (κ3) is 2.87. The van der Waals surface area contributed by atoms with Gasteiger partial charge in [-0.05, 0) is 30.7 Å². The maximum absolute atomic E-state index is 13.3. The minimum Gasteiger partial charge on any atom is -0.397 e. The predicted octanol–water partition coefficient (Wildman–Crippen LogP) is 2.88. The van der Waals surface area contributed by atoms with E-state index in [0.717, 1.165) is 19.3 Å². The molecule has 0 radical (unpaired) electrons. The first-order valence-corrected chi connectivity index (χ1v) is 6.59. The number of nitrogens with one attached hydrogen (secondary N) is 1. The zero-order valence-corrected chi connectivity index (χ0v) is 10.9. The fourth-order valence-corrected chi connectivity index (χ4v) is 2.75. The molecule has 1 aromatic carbocycles. The van der Waals surface area contributed by atoms with Crippen molar-refractivity contribution in [2.45, 2.75) is 19.3 Å². The van der Waals surface area contributed by atoms with Crippen LogP contribution < -0.4 is 11.1 Å². The van der Waals surface area contributed by atoms with Crippen LogP contribution >= 0.6 is 11.6 Å². The lowest BCUT2D eigenvalue weighted by Gasteiger charge is -2.19. The zero-order valence-electron chi connectivity index (χ0n) is 10.1. The summed E-state index contributed by atoms with van der Waals surface area (Å²) in [6.07, 6.45) is 3.30. The largest absolute Gasteiger partial charge is 0.397 e. The minimum atomic E-state index is -0.474. The first kappa shape index (κ1) is 13.4. The van der Waals surface area contributed by atoms with Crippen molar-refractivity contribution >= 4 is 23.0 Å². The van der Waals surface area contributed by atoms with Crippen LogP contribution in [0.15, 0.2) is 12.1 Å². The van der Waals surface area contributed by atoms with E-state index in [1.54, 1.807) is 0 Å². The van der Waals surface area contributed by atoms with Gasteiger partial charge in [0.1, 0.15) is 5.82 Å². The number of rotatable bonds is 4. The smallest absolute Gasteiger partial charge is 0.143 e. The van der Waals surface area contributed by atoms with Crippen LogP contribution in [-0.2, 0) is 0 Å². The highest BCUT2D eigenvalue weighted by molar-refractivity contribution is 6.31. The summed E-state index contributed by atoms with van der Waals surface area (Å²) >= 11 is 5.64. The summed E-state index contributed by atoms with van der Waals surface area (Å²) in [6.45, 7) is 0.924. The van der Waals surface area contributed by atoms with Crippen LogP contribution in [0.2, 0.25) is 5.02 Å². The number of aliphatic hydroxyl groups excluding tert-OH is 1. The summed E-state index contributed by atoms with van der Waals surface area (Å²) in [5, 5.41) is 12.4. The standard InChI is InChI=1S/C13H18ClFN2O/c14-10-4-12(16)13(5-11(10)15)17-6-8-2-1-3-9(8)7-18/h4-5,8-9,17-18H,1-3,6-7,16H2. The lowest BCUT2D eigenvalue weighted by atomic mass is 9.97. The molecule has 0 bridgehead atoms. The molecule has 100 valence electrons. The Morgan fingerprint density at radius 1 is 1.39 bits per heavy atom. The summed E-state index contributed by atoms with van der Waals surface area (Å²) in [4.78, 5) is 0. The van der Waals surface area contributed by atoms with Crippen molar-refractivity contribution in [2.75, 3.05) is 24.2 Å². The normalized spacial score (nSPS) is 23.3. The van der Waals surface area contributed by atoms with E-state index in [2.05, 4.69) is 5.32 Å². The number of anilines is 2. The molecular weight excluding hydrogens is 255 g/mol. The summed E-state index contributed by atoms with van der Waals surface area (Å²) in [5.41, 5.74) is 6.79. The van der Waals surface area contributed by atoms with Gasteiger partial charge in [-0.1, -0.05) is 18.0 Å². The van der Waals surface area contributed by atoms with Gasteiger partial charge in [0.2, 0.25) is 0 Å². The van der Waals surface area contributed by atoms with E-state index in [1.807, 2.05) is 0 Å². The molecule has 2 atom stereocenters. The molecule has 0 heterocycles. The first-order chi connectivity index (χ1) is 8.61. The van der Waals surface area contributed by atoms with E-state index in [0.29, 0.717) is 29.8 Å². The summed E-state index contributed by atoms with van der Waals surface area (Å²) in [5.74, 6) is 0.294. The van der Waals surface area contributed by atoms with Gasteiger partial charge in [0.25, 0.3) is 0 Å². The number of halogens is 2. The van der Waals surface area contributed by atoms with E-state index < -0.39 is 5.82 Å². The van der Waals surface area contributed by atoms with Gasteiger partial charge in [0.15, 0.2) is 0 Å². The molecule has 4 N–H and O–H groups in total. The van der Waals surface area contributed by atoms with Gasteiger partial charge >= 0.3 is 0 Å². The second kappa shape index (κ2) is 5.76. The van der Waals surface area contributed by atoms with Crippen molar-refractivity contribution in [3.63, 3.8) is 0 Å². The van der Waals surface area contributed by atoms with Gasteiger partial charge in [-0.25, -0.2) is 4.39 Å². The second-order valence-corrected chi connectivity index (χ2v) is 5.28. The van der Waals surface area contributed by atoms with E-state index in [1.165, 1.54) is 12.1 Å². The van der Waals surface area contributed by atoms with Gasteiger partial charge in [0.05, 0.1) is 16.4 Å². The lowest BCUT2D eigenvalue weighted by molar-refractivity contribution is 0.199. The van der Waals surface area contributed by atoms with E-state index in [-0.39, 0.29) is 11.6 Å². The summed E-state index contributed by atoms with van der Waals surface area (Å²) in [6, 6.07) is 2.73. The maximum atomic E-state index is 13.3. The Labute approximate surface area is 111 Å². The molecule has 2 rings (SSSR count). The monoisotopic (exact) mass is 272 g/mol.